The SMILES string of the molecule is C1CCOC1.Cc1cc(C)c(-c2ccn([B-](n3ccc(-c4c(C)cc(C)cc4C)n3)n3ccc(-c4c(C)cc(C)cc4C)n3)n2)c(C)c1.[Cu+]. The summed E-state index contributed by atoms with van der Waals surface area (Å²) in [5, 5.41) is 15.4. The summed E-state index contributed by atoms with van der Waals surface area (Å²) in [7, 11) is -0.431. The summed E-state index contributed by atoms with van der Waals surface area (Å²) in [5.74, 6) is 0. The molecule has 0 aliphatic carbocycles. The molecule has 3 aromatic carbocycles. The van der Waals surface area contributed by atoms with Crippen LogP contribution >= 0.6 is 0 Å². The van der Waals surface area contributed by atoms with Crippen molar-refractivity contribution in [3.8, 4) is 33.8 Å². The summed E-state index contributed by atoms with van der Waals surface area (Å²) in [6, 6.07) is 19.6. The molecule has 49 heavy (non-hydrogen) atoms. The smallest absolute Gasteiger partial charge is 0.424 e. The Hall–Kier alpha value is -4.17. The van der Waals surface area contributed by atoms with Gasteiger partial charge in [-0.1, -0.05) is 53.1 Å². The van der Waals surface area contributed by atoms with Crippen LogP contribution in [0.2, 0.25) is 0 Å². The molecule has 3 aromatic heterocycles. The van der Waals surface area contributed by atoms with Crippen molar-refractivity contribution in [2.24, 2.45) is 0 Å². The molecular formula is C40H47BCuN6O. The zero-order valence-electron chi connectivity index (χ0n) is 30.2. The van der Waals surface area contributed by atoms with Gasteiger partial charge in [0.1, 0.15) is 0 Å². The fraction of sp³-hybridized carbons (Fsp3) is 0.325. The normalized spacial score (nSPS) is 12.6. The van der Waals surface area contributed by atoms with Crippen LogP contribution in [0.1, 0.15) is 62.9 Å². The maximum atomic E-state index is 5.14. The maximum Gasteiger partial charge on any atom is 1.00 e. The Labute approximate surface area is 302 Å². The topological polar surface area (TPSA) is 62.7 Å². The van der Waals surface area contributed by atoms with E-state index in [4.69, 9.17) is 20.0 Å². The molecule has 1 aliphatic heterocycles. The quantitative estimate of drug-likeness (QED) is 0.163. The molecule has 6 aromatic rings. The third kappa shape index (κ3) is 7.70. The van der Waals surface area contributed by atoms with Gasteiger partial charge in [-0.05, 0) is 145 Å². The number of aryl methyl sites for hydroxylation is 9. The standard InChI is InChI=1S/C36H39BN6.C4H8O.Cu/c1-22-16-25(4)34(26(5)17-22)31-10-13-41(38-31)37(42-14-11-32(39-42)35-27(6)18-23(2)19-28(35)7)43-15-12-33(40-43)36-29(8)20-24(3)21-30(36)9;1-2-4-5-3-1;/h10-21H,1-9H3;1-4H2;/q-1;;+1. The molecule has 0 saturated carbocycles. The van der Waals surface area contributed by atoms with E-state index >= 15 is 0 Å². The molecule has 0 amide bonds. The van der Waals surface area contributed by atoms with Crippen LogP contribution in [0, 0.1) is 62.3 Å². The molecule has 0 atom stereocenters. The van der Waals surface area contributed by atoms with E-state index in [0.717, 1.165) is 30.3 Å². The number of ether oxygens (including phenoxy) is 1. The van der Waals surface area contributed by atoms with Crippen LogP contribution in [0.3, 0.4) is 0 Å². The molecule has 9 heteroatoms. The van der Waals surface area contributed by atoms with E-state index in [0.29, 0.717) is 0 Å². The Balaban J connectivity index is 0.000000717. The van der Waals surface area contributed by atoms with Crippen molar-refractivity contribution in [1.29, 1.82) is 0 Å². The van der Waals surface area contributed by atoms with Gasteiger partial charge in [-0.3, -0.25) is 0 Å². The maximum absolute atomic E-state index is 5.14. The molecule has 1 aliphatic rings. The van der Waals surface area contributed by atoms with Crippen LogP contribution in [-0.2, 0) is 21.8 Å². The molecule has 7 rings (SSSR count). The van der Waals surface area contributed by atoms with Crippen LogP contribution in [0.4, 0.5) is 0 Å². The number of benzene rings is 3. The predicted molar refractivity (Wildman–Crippen MR) is 198 cm³/mol. The molecule has 1 saturated heterocycles. The minimum atomic E-state index is -0.431. The number of hydrogen-bond acceptors (Lipinski definition) is 4. The molecule has 0 bridgehead atoms. The molecular weight excluding hydrogens is 655 g/mol. The summed E-state index contributed by atoms with van der Waals surface area (Å²) in [4.78, 5) is 0. The van der Waals surface area contributed by atoms with Crippen molar-refractivity contribution in [2.75, 3.05) is 13.2 Å². The largest absolute Gasteiger partial charge is 1.00 e. The van der Waals surface area contributed by atoms with Gasteiger partial charge in [-0.2, -0.15) is 0 Å². The van der Waals surface area contributed by atoms with E-state index in [2.05, 4.69) is 117 Å². The molecule has 257 valence electrons. The monoisotopic (exact) mass is 701 g/mol. The van der Waals surface area contributed by atoms with Gasteiger partial charge in [0, 0.05) is 29.9 Å². The van der Waals surface area contributed by atoms with Gasteiger partial charge in [0.15, 0.2) is 0 Å². The first-order valence-corrected chi connectivity index (χ1v) is 17.0. The van der Waals surface area contributed by atoms with E-state index in [-0.39, 0.29) is 17.1 Å². The summed E-state index contributed by atoms with van der Waals surface area (Å²) in [6.45, 7) is 21.4. The zero-order chi connectivity index (χ0) is 34.1. The van der Waals surface area contributed by atoms with Crippen molar-refractivity contribution in [2.45, 2.75) is 75.2 Å². The Kier molecular flexibility index (Phi) is 11.2. The summed E-state index contributed by atoms with van der Waals surface area (Å²) in [5.41, 5.74) is 17.4. The predicted octanol–water partition coefficient (Wildman–Crippen LogP) is 8.78. The molecule has 0 N–H and O–H groups in total. The van der Waals surface area contributed by atoms with E-state index < -0.39 is 7.12 Å². The van der Waals surface area contributed by atoms with Gasteiger partial charge in [0.05, 0.1) is 17.1 Å². The second-order valence-electron chi connectivity index (χ2n) is 13.5. The van der Waals surface area contributed by atoms with E-state index in [1.807, 2.05) is 32.4 Å². The van der Waals surface area contributed by atoms with E-state index in [1.54, 1.807) is 0 Å². The van der Waals surface area contributed by atoms with Crippen LogP contribution < -0.4 is 0 Å². The van der Waals surface area contributed by atoms with Crippen LogP contribution in [0.5, 0.6) is 0 Å². The summed E-state index contributed by atoms with van der Waals surface area (Å²) in [6.07, 6.45) is 8.66. The Morgan fingerprint density at radius 1 is 0.469 bits per heavy atom. The number of aromatic nitrogens is 6. The average Bonchev–Trinajstić information content (AvgIpc) is 3.82. The zero-order valence-corrected chi connectivity index (χ0v) is 31.2. The molecule has 7 nitrogen and oxygen atoms in total. The molecule has 1 radical (unpaired) electrons. The van der Waals surface area contributed by atoms with Crippen molar-refractivity contribution >= 4 is 7.12 Å². The van der Waals surface area contributed by atoms with Gasteiger partial charge in [-0.25, -0.2) is 15.3 Å². The molecule has 4 heterocycles. The van der Waals surface area contributed by atoms with Crippen molar-refractivity contribution in [3.63, 3.8) is 0 Å². The Bertz CT molecular complexity index is 1780. The molecule has 0 unspecified atom stereocenters. The number of nitrogens with zero attached hydrogens (tertiary/aromatic N) is 6. The van der Waals surface area contributed by atoms with Gasteiger partial charge in [0.2, 0.25) is 0 Å². The fourth-order valence-electron chi connectivity index (χ4n) is 7.43. The van der Waals surface area contributed by atoms with Gasteiger partial charge in [-0.15, -0.1) is 0 Å². The first-order valence-electron chi connectivity index (χ1n) is 17.0. The van der Waals surface area contributed by atoms with Crippen molar-refractivity contribution in [3.05, 3.63) is 123 Å². The van der Waals surface area contributed by atoms with Crippen LogP contribution in [0.25, 0.3) is 33.8 Å². The number of hydrogen-bond donors (Lipinski definition) is 0. The summed E-state index contributed by atoms with van der Waals surface area (Å²) < 4.78 is 10.8. The minimum Gasteiger partial charge on any atom is -0.424 e. The van der Waals surface area contributed by atoms with Crippen LogP contribution in [-0.4, -0.2) is 49.4 Å². The van der Waals surface area contributed by atoms with Gasteiger partial charge in [0.25, 0.3) is 7.12 Å². The second-order valence-corrected chi connectivity index (χ2v) is 13.5. The van der Waals surface area contributed by atoms with Gasteiger partial charge < -0.3 is 18.5 Å². The Morgan fingerprint density at radius 3 is 0.959 bits per heavy atom. The molecule has 1 fully saturated rings. The fourth-order valence-corrected chi connectivity index (χ4v) is 7.43. The third-order valence-electron chi connectivity index (χ3n) is 9.16. The van der Waals surface area contributed by atoms with E-state index in [9.17, 15) is 0 Å². The van der Waals surface area contributed by atoms with Crippen molar-refractivity contribution in [1.82, 2.24) is 29.1 Å². The number of rotatable bonds is 6. The third-order valence-corrected chi connectivity index (χ3v) is 9.16. The van der Waals surface area contributed by atoms with Crippen molar-refractivity contribution < 1.29 is 21.8 Å². The Morgan fingerprint density at radius 2 is 0.735 bits per heavy atom. The van der Waals surface area contributed by atoms with E-state index in [1.165, 1.54) is 79.6 Å². The van der Waals surface area contributed by atoms with Crippen LogP contribution in [0.15, 0.2) is 73.2 Å². The second kappa shape index (κ2) is 15.2. The molecule has 0 spiro atoms. The minimum absolute atomic E-state index is 0. The summed E-state index contributed by atoms with van der Waals surface area (Å²) >= 11 is 0. The first kappa shape index (κ1) is 36.1. The first-order chi connectivity index (χ1) is 23.0. The van der Waals surface area contributed by atoms with Gasteiger partial charge >= 0.3 is 17.1 Å². The average molecular weight is 702 g/mol.